The molecule has 5 rings (SSSR count). The van der Waals surface area contributed by atoms with Crippen LogP contribution in [0.25, 0.3) is 0 Å². The first-order valence-electron chi connectivity index (χ1n) is 7.28. The van der Waals surface area contributed by atoms with E-state index in [0.717, 1.165) is 18.4 Å². The van der Waals surface area contributed by atoms with E-state index in [0.29, 0.717) is 6.10 Å². The Morgan fingerprint density at radius 2 is 1.78 bits per heavy atom. The average Bonchev–Trinajstić information content (AvgIpc) is 2.36. The molecule has 2 heteroatoms. The van der Waals surface area contributed by atoms with Crippen molar-refractivity contribution < 1.29 is 4.74 Å². The zero-order valence-corrected chi connectivity index (χ0v) is 10.8. The average molecular weight is 243 g/mol. The molecule has 0 aromatic heterocycles. The molecule has 0 radical (unpaired) electrons. The molecule has 1 aromatic rings. The van der Waals surface area contributed by atoms with Crippen LogP contribution in [-0.2, 0) is 11.3 Å². The molecule has 4 bridgehead atoms. The fourth-order valence-electron chi connectivity index (χ4n) is 4.41. The van der Waals surface area contributed by atoms with E-state index in [1.807, 2.05) is 0 Å². The van der Waals surface area contributed by atoms with Gasteiger partial charge in [0.1, 0.15) is 5.72 Å². The van der Waals surface area contributed by atoms with Crippen molar-refractivity contribution in [2.24, 2.45) is 11.8 Å². The van der Waals surface area contributed by atoms with Crippen LogP contribution in [0.1, 0.15) is 37.7 Å². The van der Waals surface area contributed by atoms with Gasteiger partial charge in [-0.3, -0.25) is 5.32 Å². The van der Waals surface area contributed by atoms with Crippen molar-refractivity contribution in [1.29, 1.82) is 0 Å². The van der Waals surface area contributed by atoms with Gasteiger partial charge in [0, 0.05) is 6.54 Å². The van der Waals surface area contributed by atoms with Crippen molar-refractivity contribution in [3.63, 3.8) is 0 Å². The van der Waals surface area contributed by atoms with Crippen molar-refractivity contribution in [3.05, 3.63) is 35.9 Å². The van der Waals surface area contributed by atoms with Gasteiger partial charge in [-0.1, -0.05) is 30.3 Å². The Labute approximate surface area is 109 Å². The van der Waals surface area contributed by atoms with Gasteiger partial charge in [-0.15, -0.1) is 0 Å². The highest BCUT2D eigenvalue weighted by Gasteiger charge is 2.51. The third-order valence-corrected chi connectivity index (χ3v) is 4.95. The van der Waals surface area contributed by atoms with E-state index in [1.165, 1.54) is 37.7 Å². The van der Waals surface area contributed by atoms with Gasteiger partial charge in [0.25, 0.3) is 0 Å². The maximum Gasteiger partial charge on any atom is 0.120 e. The molecular formula is C16H21NO. The summed E-state index contributed by atoms with van der Waals surface area (Å²) in [7, 11) is 0. The Morgan fingerprint density at radius 3 is 2.44 bits per heavy atom. The quantitative estimate of drug-likeness (QED) is 0.881. The maximum absolute atomic E-state index is 6.32. The summed E-state index contributed by atoms with van der Waals surface area (Å²) in [6.45, 7) is 0.938. The zero-order chi connectivity index (χ0) is 12.0. The molecule has 2 saturated carbocycles. The van der Waals surface area contributed by atoms with Crippen LogP contribution in [-0.4, -0.2) is 11.8 Å². The third kappa shape index (κ3) is 1.88. The van der Waals surface area contributed by atoms with Crippen LogP contribution in [0.15, 0.2) is 30.3 Å². The fourth-order valence-corrected chi connectivity index (χ4v) is 4.41. The number of hydrogen-bond acceptors (Lipinski definition) is 2. The second kappa shape index (κ2) is 4.07. The van der Waals surface area contributed by atoms with Crippen LogP contribution in [0.5, 0.6) is 0 Å². The molecule has 4 fully saturated rings. The van der Waals surface area contributed by atoms with E-state index >= 15 is 0 Å². The first kappa shape index (κ1) is 11.0. The summed E-state index contributed by atoms with van der Waals surface area (Å²) in [6.07, 6.45) is 7.07. The van der Waals surface area contributed by atoms with Crippen molar-refractivity contribution in [2.45, 2.75) is 50.5 Å². The van der Waals surface area contributed by atoms with E-state index in [1.54, 1.807) is 0 Å². The van der Waals surface area contributed by atoms with Crippen LogP contribution in [0.4, 0.5) is 0 Å². The molecule has 2 nitrogen and oxygen atoms in total. The lowest BCUT2D eigenvalue weighted by Crippen LogP contribution is -2.61. The zero-order valence-electron chi connectivity index (χ0n) is 10.8. The number of rotatable bonds is 3. The van der Waals surface area contributed by atoms with Gasteiger partial charge in [0.2, 0.25) is 0 Å². The van der Waals surface area contributed by atoms with Crippen LogP contribution < -0.4 is 5.32 Å². The monoisotopic (exact) mass is 243 g/mol. The molecular weight excluding hydrogens is 222 g/mol. The maximum atomic E-state index is 6.32. The van der Waals surface area contributed by atoms with Crippen LogP contribution >= 0.6 is 0 Å². The molecule has 2 aliphatic carbocycles. The predicted octanol–water partition coefficient (Wildman–Crippen LogP) is 3.08. The highest BCUT2D eigenvalue weighted by atomic mass is 16.5. The van der Waals surface area contributed by atoms with Gasteiger partial charge in [-0.25, -0.2) is 0 Å². The molecule has 1 N–H and O–H groups in total. The first-order chi connectivity index (χ1) is 8.81. The predicted molar refractivity (Wildman–Crippen MR) is 71.0 cm³/mol. The summed E-state index contributed by atoms with van der Waals surface area (Å²) in [6, 6.07) is 10.7. The normalized spacial score (nSPS) is 41.2. The first-order valence-corrected chi connectivity index (χ1v) is 7.28. The summed E-state index contributed by atoms with van der Waals surface area (Å²) in [5, 5.41) is 3.72. The van der Waals surface area contributed by atoms with Gasteiger partial charge in [-0.2, -0.15) is 0 Å². The van der Waals surface area contributed by atoms with Crippen molar-refractivity contribution in [2.75, 3.05) is 0 Å². The minimum atomic E-state index is 0.00455. The Kier molecular flexibility index (Phi) is 2.49. The molecule has 0 unspecified atom stereocenters. The van der Waals surface area contributed by atoms with E-state index in [2.05, 4.69) is 35.6 Å². The molecule has 2 heterocycles. The van der Waals surface area contributed by atoms with Crippen LogP contribution in [0, 0.1) is 11.8 Å². The minimum absolute atomic E-state index is 0.00455. The highest BCUT2D eigenvalue weighted by Crippen LogP contribution is 2.51. The second-order valence-electron chi connectivity index (χ2n) is 6.42. The number of hydrogen-bond donors (Lipinski definition) is 1. The van der Waals surface area contributed by atoms with Crippen molar-refractivity contribution in [1.82, 2.24) is 5.32 Å². The lowest BCUT2D eigenvalue weighted by molar-refractivity contribution is -0.234. The summed E-state index contributed by atoms with van der Waals surface area (Å²) in [5.74, 6) is 1.83. The lowest BCUT2D eigenvalue weighted by Gasteiger charge is -2.56. The van der Waals surface area contributed by atoms with E-state index < -0.39 is 0 Å². The van der Waals surface area contributed by atoms with Gasteiger partial charge in [0.05, 0.1) is 6.10 Å². The smallest absolute Gasteiger partial charge is 0.120 e. The van der Waals surface area contributed by atoms with Crippen molar-refractivity contribution >= 4 is 0 Å². The number of ether oxygens (including phenoxy) is 1. The summed E-state index contributed by atoms with van der Waals surface area (Å²) in [4.78, 5) is 0. The van der Waals surface area contributed by atoms with Crippen LogP contribution in [0.3, 0.4) is 0 Å². The Balaban J connectivity index is 1.48. The van der Waals surface area contributed by atoms with Crippen molar-refractivity contribution in [3.8, 4) is 0 Å². The van der Waals surface area contributed by atoms with Gasteiger partial charge in [0.15, 0.2) is 0 Å². The Hall–Kier alpha value is -0.860. The molecule has 96 valence electrons. The Morgan fingerprint density at radius 1 is 1.06 bits per heavy atom. The van der Waals surface area contributed by atoms with Gasteiger partial charge >= 0.3 is 0 Å². The standard InChI is InChI=1S/C16H21NO/c1-2-4-12(5-3-1)11-17-16-9-13-6-14(10-16)8-15(7-13)18-16/h1-5,13-15,17H,6-11H2/t13-,14+,15+,16-. The molecule has 4 aliphatic rings. The molecule has 4 atom stereocenters. The summed E-state index contributed by atoms with van der Waals surface area (Å²) < 4.78 is 6.32. The Bertz CT molecular complexity index is 393. The van der Waals surface area contributed by atoms with E-state index in [-0.39, 0.29) is 5.72 Å². The van der Waals surface area contributed by atoms with Gasteiger partial charge in [-0.05, 0) is 49.5 Å². The molecule has 2 saturated heterocycles. The lowest BCUT2D eigenvalue weighted by atomic mass is 9.65. The second-order valence-corrected chi connectivity index (χ2v) is 6.42. The van der Waals surface area contributed by atoms with E-state index in [9.17, 15) is 0 Å². The third-order valence-electron chi connectivity index (χ3n) is 4.95. The van der Waals surface area contributed by atoms with Crippen LogP contribution in [0.2, 0.25) is 0 Å². The summed E-state index contributed by atoms with van der Waals surface area (Å²) >= 11 is 0. The topological polar surface area (TPSA) is 21.3 Å². The summed E-state index contributed by atoms with van der Waals surface area (Å²) in [5.41, 5.74) is 1.36. The van der Waals surface area contributed by atoms with Gasteiger partial charge < -0.3 is 4.74 Å². The minimum Gasteiger partial charge on any atom is -0.357 e. The molecule has 0 spiro atoms. The molecule has 1 aromatic carbocycles. The largest absolute Gasteiger partial charge is 0.357 e. The highest BCUT2D eigenvalue weighted by molar-refractivity contribution is 5.15. The van der Waals surface area contributed by atoms with E-state index in [4.69, 9.17) is 4.74 Å². The molecule has 18 heavy (non-hydrogen) atoms. The fraction of sp³-hybridized carbons (Fsp3) is 0.625. The number of nitrogens with one attached hydrogen (secondary N) is 1. The SMILES string of the molecule is c1ccc(CN[C@]23C[C@@H]4C[C@@H](C[C@H](C4)O2)C3)cc1. The molecule has 2 aliphatic heterocycles. The number of benzene rings is 1. The molecule has 0 amide bonds.